The quantitative estimate of drug-likeness (QED) is 0.0800. The molecule has 0 bridgehead atoms. The van der Waals surface area contributed by atoms with Gasteiger partial charge in [-0.2, -0.15) is 5.26 Å². The van der Waals surface area contributed by atoms with E-state index in [1.165, 1.54) is 44.5 Å². The monoisotopic (exact) mass is 1470 g/mol. The Kier molecular flexibility index (Phi) is 21.6. The number of benzene rings is 16. The van der Waals surface area contributed by atoms with Gasteiger partial charge in [-0.15, -0.1) is 0 Å². The largest absolute Gasteiger partial charge is 0.228 e. The van der Waals surface area contributed by atoms with Crippen LogP contribution in [0.15, 0.2) is 449 Å². The lowest BCUT2D eigenvalue weighted by molar-refractivity contribution is 1.18. The molecule has 0 saturated heterocycles. The lowest BCUT2D eigenvalue weighted by Crippen LogP contribution is -1.98. The number of rotatable bonds is 18. The van der Waals surface area contributed by atoms with Crippen LogP contribution in [0.1, 0.15) is 55.6 Å². The molecule has 0 saturated carbocycles. The predicted octanol–water partition coefficient (Wildman–Crippen LogP) is 27.8. The summed E-state index contributed by atoms with van der Waals surface area (Å²) in [6.45, 7) is 2.15. The van der Waals surface area contributed by atoms with Gasteiger partial charge in [0.2, 0.25) is 0 Å². The molecule has 18 aromatic rings. The molecular weight excluding hydrogens is 1390 g/mol. The maximum Gasteiger partial charge on any atom is 0.160 e. The molecule has 115 heavy (non-hydrogen) atoms. The first kappa shape index (κ1) is 72.5. The average molecular weight is 1470 g/mol. The summed E-state index contributed by atoms with van der Waals surface area (Å²) in [6, 6.07) is 159. The molecule has 0 aliphatic carbocycles. The van der Waals surface area contributed by atoms with Crippen LogP contribution in [0.4, 0.5) is 0 Å². The van der Waals surface area contributed by atoms with Crippen LogP contribution in [0.2, 0.25) is 0 Å². The minimum Gasteiger partial charge on any atom is -0.228 e. The molecule has 542 valence electrons. The third-order valence-electron chi connectivity index (χ3n) is 20.7. The summed E-state index contributed by atoms with van der Waals surface area (Å²) < 4.78 is 0. The lowest BCUT2D eigenvalue weighted by atomic mass is 9.85. The molecule has 0 amide bonds. The van der Waals surface area contributed by atoms with E-state index in [0.717, 1.165) is 128 Å². The number of nitriles is 1. The predicted molar refractivity (Wildman–Crippen MR) is 477 cm³/mol. The SMILES string of the molecule is Cc1cccc(-c2cc(-c3ccc(C(=C(c4ccccc4)c4ccccc4)c4ccccc4)cc3)cc(-c3cc(-c4ccccc4)nc(-c4ccccc4)n3)c2)c1.N#Cc1cccc(-c2cc(-c3ccc(C(=C(c4ccccc4)c4ccccc4)c4ccccc4)cc3)cc(-c3nc(-c4ccccc4)cc(-c4ccccc4)n3)c2)c1. The van der Waals surface area contributed by atoms with E-state index in [0.29, 0.717) is 17.2 Å². The topological polar surface area (TPSA) is 75.3 Å². The van der Waals surface area contributed by atoms with Gasteiger partial charge in [-0.05, 0) is 179 Å². The standard InChI is InChI=1S/C55H37N3.C55H40N2/c56-38-39-17-16-28-47(33-39)49-34-48(35-50(36-49)55-57-51(41-18-6-1-7-19-41)37-52(58-55)42-20-8-2-9-21-42)40-29-31-46(32-30-40)54(45-26-14-5-15-27-45)53(43-22-10-3-11-23-43)44-24-12-4-13-25-44;1-39-18-17-29-47(34-39)49-35-48(36-50(37-49)52-38-51(41-19-7-2-8-20-41)56-55(57-52)46-27-15-6-16-28-46)40-30-32-45(33-31-40)54(44-25-13-5-14-26-44)53(42-21-9-3-10-22-42)43-23-11-4-12-24-43/h1-37H;2-38H,1H3. The first-order valence-electron chi connectivity index (χ1n) is 38.8. The van der Waals surface area contributed by atoms with Gasteiger partial charge in [0.15, 0.2) is 11.6 Å². The number of hydrogen-bond donors (Lipinski definition) is 0. The summed E-state index contributed by atoms with van der Waals surface area (Å²) in [5.41, 5.74) is 33.8. The van der Waals surface area contributed by atoms with Gasteiger partial charge in [0.1, 0.15) is 0 Å². The van der Waals surface area contributed by atoms with E-state index in [1.807, 2.05) is 78.9 Å². The molecular formula is C110H77N5. The highest BCUT2D eigenvalue weighted by atomic mass is 14.9. The van der Waals surface area contributed by atoms with Crippen molar-refractivity contribution in [1.29, 1.82) is 5.26 Å². The van der Waals surface area contributed by atoms with Crippen molar-refractivity contribution in [2.75, 3.05) is 0 Å². The molecule has 16 aromatic carbocycles. The molecule has 5 heteroatoms. The fourth-order valence-electron chi connectivity index (χ4n) is 15.1. The van der Waals surface area contributed by atoms with Crippen molar-refractivity contribution in [2.45, 2.75) is 6.92 Å². The van der Waals surface area contributed by atoms with Gasteiger partial charge >= 0.3 is 0 Å². The molecule has 0 N–H and O–H groups in total. The van der Waals surface area contributed by atoms with Crippen LogP contribution < -0.4 is 0 Å². The Hall–Kier alpha value is -15.4. The number of aryl methyl sites for hydroxylation is 1. The van der Waals surface area contributed by atoms with Crippen LogP contribution in [0, 0.1) is 18.3 Å². The summed E-state index contributed by atoms with van der Waals surface area (Å²) in [6.07, 6.45) is 0. The van der Waals surface area contributed by atoms with E-state index in [2.05, 4.69) is 383 Å². The highest BCUT2D eigenvalue weighted by molar-refractivity contribution is 6.06. The normalized spacial score (nSPS) is 10.8. The van der Waals surface area contributed by atoms with E-state index in [9.17, 15) is 5.26 Å². The Bertz CT molecular complexity index is 6290. The zero-order valence-corrected chi connectivity index (χ0v) is 63.5. The average Bonchev–Trinajstić information content (AvgIpc) is 0.790. The van der Waals surface area contributed by atoms with Crippen molar-refractivity contribution < 1.29 is 0 Å². The van der Waals surface area contributed by atoms with E-state index >= 15 is 0 Å². The van der Waals surface area contributed by atoms with Gasteiger partial charge in [0, 0.05) is 33.4 Å². The molecule has 2 aromatic heterocycles. The van der Waals surface area contributed by atoms with Crippen molar-refractivity contribution in [3.63, 3.8) is 0 Å². The van der Waals surface area contributed by atoms with Crippen molar-refractivity contribution in [2.24, 2.45) is 0 Å². The van der Waals surface area contributed by atoms with Gasteiger partial charge in [0.25, 0.3) is 0 Å². The maximum absolute atomic E-state index is 9.82. The van der Waals surface area contributed by atoms with Crippen LogP contribution in [0.5, 0.6) is 0 Å². The zero-order valence-electron chi connectivity index (χ0n) is 63.5. The van der Waals surface area contributed by atoms with Gasteiger partial charge in [-0.3, -0.25) is 0 Å². The molecule has 0 aliphatic rings. The second-order valence-electron chi connectivity index (χ2n) is 28.4. The fourth-order valence-corrected chi connectivity index (χ4v) is 15.1. The van der Waals surface area contributed by atoms with Crippen LogP contribution in [-0.4, -0.2) is 19.9 Å². The minimum atomic E-state index is 0.607. The van der Waals surface area contributed by atoms with Crippen molar-refractivity contribution in [3.05, 3.63) is 505 Å². The summed E-state index contributed by atoms with van der Waals surface area (Å²) in [4.78, 5) is 20.6. The van der Waals surface area contributed by atoms with Crippen molar-refractivity contribution in [3.8, 4) is 118 Å². The first-order valence-corrected chi connectivity index (χ1v) is 38.8. The Balaban J connectivity index is 0.000000166. The Morgan fingerprint density at radius 2 is 0.426 bits per heavy atom. The van der Waals surface area contributed by atoms with Crippen LogP contribution in [-0.2, 0) is 0 Å². The molecule has 0 unspecified atom stereocenters. The van der Waals surface area contributed by atoms with Gasteiger partial charge < -0.3 is 0 Å². The summed E-state index contributed by atoms with van der Waals surface area (Å²) >= 11 is 0. The second kappa shape index (κ2) is 34.3. The Morgan fingerprint density at radius 3 is 0.748 bits per heavy atom. The van der Waals surface area contributed by atoms with Crippen molar-refractivity contribution in [1.82, 2.24) is 19.9 Å². The fraction of sp³-hybridized carbons (Fsp3) is 0.00909. The Morgan fingerprint density at radius 1 is 0.183 bits per heavy atom. The molecule has 0 spiro atoms. The Labute approximate surface area is 672 Å². The smallest absolute Gasteiger partial charge is 0.160 e. The minimum absolute atomic E-state index is 0.607. The zero-order chi connectivity index (χ0) is 77.5. The van der Waals surface area contributed by atoms with E-state index in [-0.39, 0.29) is 0 Å². The van der Waals surface area contributed by atoms with Crippen LogP contribution >= 0.6 is 0 Å². The van der Waals surface area contributed by atoms with Gasteiger partial charge in [-0.1, -0.05) is 394 Å². The molecule has 0 fully saturated rings. The number of hydrogen-bond acceptors (Lipinski definition) is 5. The highest BCUT2D eigenvalue weighted by Crippen LogP contribution is 2.43. The summed E-state index contributed by atoms with van der Waals surface area (Å²) in [5, 5.41) is 9.82. The van der Waals surface area contributed by atoms with E-state index < -0.39 is 0 Å². The van der Waals surface area contributed by atoms with E-state index in [4.69, 9.17) is 19.9 Å². The second-order valence-corrected chi connectivity index (χ2v) is 28.4. The number of nitrogens with zero attached hydrogens (tertiary/aromatic N) is 5. The van der Waals surface area contributed by atoms with Crippen molar-refractivity contribution >= 4 is 22.3 Å². The van der Waals surface area contributed by atoms with E-state index in [1.54, 1.807) is 0 Å². The number of aromatic nitrogens is 4. The molecule has 0 aliphatic heterocycles. The van der Waals surface area contributed by atoms with Crippen LogP contribution in [0.25, 0.3) is 135 Å². The molecule has 2 heterocycles. The third-order valence-corrected chi connectivity index (χ3v) is 20.7. The first-order chi connectivity index (χ1) is 56.9. The van der Waals surface area contributed by atoms with Crippen LogP contribution in [0.3, 0.4) is 0 Å². The van der Waals surface area contributed by atoms with Gasteiger partial charge in [-0.25, -0.2) is 19.9 Å². The molecule has 0 atom stereocenters. The third kappa shape index (κ3) is 16.7. The highest BCUT2D eigenvalue weighted by Gasteiger charge is 2.22. The summed E-state index contributed by atoms with van der Waals surface area (Å²) in [7, 11) is 0. The molecule has 0 radical (unpaired) electrons. The lowest BCUT2D eigenvalue weighted by Gasteiger charge is -2.18. The maximum atomic E-state index is 9.82. The summed E-state index contributed by atoms with van der Waals surface area (Å²) in [5.74, 6) is 1.33. The molecule has 18 rings (SSSR count). The molecule has 5 nitrogen and oxygen atoms in total. The van der Waals surface area contributed by atoms with Gasteiger partial charge in [0.05, 0.1) is 34.4 Å².